The van der Waals surface area contributed by atoms with Gasteiger partial charge >= 0.3 is 0 Å². The van der Waals surface area contributed by atoms with E-state index in [9.17, 15) is 0 Å². The van der Waals surface area contributed by atoms with Gasteiger partial charge in [0.1, 0.15) is 0 Å². The van der Waals surface area contributed by atoms with Crippen LogP contribution >= 0.6 is 24.0 Å². The first-order valence-corrected chi connectivity index (χ1v) is 6.70. The molecule has 1 heterocycles. The number of aromatic nitrogens is 2. The largest absolute Gasteiger partial charge is 0.356 e. The van der Waals surface area contributed by atoms with Crippen LogP contribution in [-0.2, 0) is 13.5 Å². The lowest BCUT2D eigenvalue weighted by atomic mass is 10.2. The first-order valence-electron chi connectivity index (χ1n) is 6.70. The molecule has 0 saturated heterocycles. The van der Waals surface area contributed by atoms with Crippen LogP contribution in [0.2, 0.25) is 0 Å². The second kappa shape index (κ2) is 8.39. The molecule has 0 spiro atoms. The maximum atomic E-state index is 4.21. The van der Waals surface area contributed by atoms with Crippen LogP contribution in [0.25, 0.3) is 0 Å². The number of hydrogen-bond donors (Lipinski definition) is 2. The van der Waals surface area contributed by atoms with Gasteiger partial charge in [-0.3, -0.25) is 9.67 Å². The van der Waals surface area contributed by atoms with Gasteiger partial charge in [-0.25, -0.2) is 0 Å². The zero-order valence-corrected chi connectivity index (χ0v) is 14.1. The second-order valence-corrected chi connectivity index (χ2v) is 4.95. The predicted octanol–water partition coefficient (Wildman–Crippen LogP) is 1.55. The topological polar surface area (TPSA) is 54.2 Å². The molecular weight excluding hydrogens is 353 g/mol. The molecule has 0 amide bonds. The third-order valence-corrected chi connectivity index (χ3v) is 3.17. The first-order chi connectivity index (χ1) is 8.78. The zero-order chi connectivity index (χ0) is 12.8. The molecule has 0 bridgehead atoms. The number of nitrogens with zero attached hydrogens (tertiary/aromatic N) is 3. The van der Waals surface area contributed by atoms with Crippen LogP contribution in [0.3, 0.4) is 0 Å². The van der Waals surface area contributed by atoms with E-state index in [0.717, 1.165) is 37.8 Å². The van der Waals surface area contributed by atoms with Crippen molar-refractivity contribution in [1.82, 2.24) is 20.4 Å². The molecule has 2 N–H and O–H groups in total. The van der Waals surface area contributed by atoms with Gasteiger partial charge in [0.2, 0.25) is 0 Å². The van der Waals surface area contributed by atoms with Crippen LogP contribution in [-0.4, -0.2) is 35.9 Å². The minimum Gasteiger partial charge on any atom is -0.356 e. The number of hydrogen-bond acceptors (Lipinski definition) is 2. The molecule has 1 aliphatic carbocycles. The Labute approximate surface area is 132 Å². The summed E-state index contributed by atoms with van der Waals surface area (Å²) in [6.07, 6.45) is 8.88. The van der Waals surface area contributed by atoms with E-state index >= 15 is 0 Å². The fourth-order valence-electron chi connectivity index (χ4n) is 1.88. The summed E-state index contributed by atoms with van der Waals surface area (Å²) in [7, 11) is 3.77. The molecule has 1 aromatic rings. The van der Waals surface area contributed by atoms with Crippen LogP contribution in [0.4, 0.5) is 0 Å². The Morgan fingerprint density at radius 2 is 2.26 bits per heavy atom. The van der Waals surface area contributed by atoms with Crippen molar-refractivity contribution in [3.8, 4) is 0 Å². The van der Waals surface area contributed by atoms with Crippen molar-refractivity contribution in [1.29, 1.82) is 0 Å². The highest BCUT2D eigenvalue weighted by Gasteiger charge is 2.20. The highest BCUT2D eigenvalue weighted by molar-refractivity contribution is 14.0. The lowest BCUT2D eigenvalue weighted by Crippen LogP contribution is -2.38. The van der Waals surface area contributed by atoms with E-state index in [1.165, 1.54) is 18.4 Å². The van der Waals surface area contributed by atoms with Gasteiger partial charge in [0, 0.05) is 33.4 Å². The van der Waals surface area contributed by atoms with Crippen LogP contribution < -0.4 is 10.6 Å². The lowest BCUT2D eigenvalue weighted by molar-refractivity contribution is 0.713. The van der Waals surface area contributed by atoms with E-state index in [4.69, 9.17) is 0 Å². The molecule has 2 rings (SSSR count). The summed E-state index contributed by atoms with van der Waals surface area (Å²) in [4.78, 5) is 4.21. The van der Waals surface area contributed by atoms with Crippen LogP contribution in [0.1, 0.15) is 24.8 Å². The second-order valence-electron chi connectivity index (χ2n) is 4.95. The molecule has 108 valence electrons. The van der Waals surface area contributed by atoms with Gasteiger partial charge in [-0.05, 0) is 37.2 Å². The highest BCUT2D eigenvalue weighted by atomic mass is 127. The fraction of sp³-hybridized carbons (Fsp3) is 0.692. The smallest absolute Gasteiger partial charge is 0.190 e. The summed E-state index contributed by atoms with van der Waals surface area (Å²) >= 11 is 0. The third kappa shape index (κ3) is 6.26. The van der Waals surface area contributed by atoms with Crippen molar-refractivity contribution >= 4 is 29.9 Å². The molecule has 6 heteroatoms. The van der Waals surface area contributed by atoms with Gasteiger partial charge in [-0.1, -0.05) is 0 Å². The van der Waals surface area contributed by atoms with Crippen LogP contribution in [0.15, 0.2) is 17.4 Å². The standard InChI is InChI=1S/C13H23N5.HI/c1-14-13(16-8-11-5-6-11)15-7-3-4-12-9-17-18(2)10-12;/h9-11H,3-8H2,1-2H3,(H2,14,15,16);1H. The number of rotatable bonds is 6. The van der Waals surface area contributed by atoms with E-state index < -0.39 is 0 Å². The number of aryl methyl sites for hydroxylation is 2. The van der Waals surface area contributed by atoms with Gasteiger partial charge in [-0.2, -0.15) is 5.10 Å². The van der Waals surface area contributed by atoms with Gasteiger partial charge in [-0.15, -0.1) is 24.0 Å². The monoisotopic (exact) mass is 377 g/mol. The molecular formula is C13H24IN5. The van der Waals surface area contributed by atoms with Crippen molar-refractivity contribution in [3.63, 3.8) is 0 Å². The van der Waals surface area contributed by atoms with Crippen molar-refractivity contribution in [2.24, 2.45) is 18.0 Å². The Balaban J connectivity index is 0.00000180. The average molecular weight is 377 g/mol. The Bertz CT molecular complexity index is 397. The molecule has 1 saturated carbocycles. The van der Waals surface area contributed by atoms with Crippen molar-refractivity contribution < 1.29 is 0 Å². The minimum absolute atomic E-state index is 0. The molecule has 0 radical (unpaired) electrons. The number of guanidine groups is 1. The Morgan fingerprint density at radius 3 is 2.84 bits per heavy atom. The van der Waals surface area contributed by atoms with E-state index in [2.05, 4.69) is 26.9 Å². The highest BCUT2D eigenvalue weighted by Crippen LogP contribution is 2.27. The first kappa shape index (κ1) is 16.3. The summed E-state index contributed by atoms with van der Waals surface area (Å²) in [5.41, 5.74) is 1.29. The average Bonchev–Trinajstić information content (AvgIpc) is 3.11. The summed E-state index contributed by atoms with van der Waals surface area (Å²) in [6.45, 7) is 2.00. The normalized spacial score (nSPS) is 14.9. The lowest BCUT2D eigenvalue weighted by Gasteiger charge is -2.10. The number of halogens is 1. The van der Waals surface area contributed by atoms with Crippen LogP contribution in [0.5, 0.6) is 0 Å². The molecule has 0 aliphatic heterocycles. The molecule has 1 fully saturated rings. The fourth-order valence-corrected chi connectivity index (χ4v) is 1.88. The van der Waals surface area contributed by atoms with Gasteiger partial charge < -0.3 is 10.6 Å². The molecule has 5 nitrogen and oxygen atoms in total. The van der Waals surface area contributed by atoms with Crippen molar-refractivity contribution in [3.05, 3.63) is 18.0 Å². The third-order valence-electron chi connectivity index (χ3n) is 3.17. The van der Waals surface area contributed by atoms with E-state index in [0.29, 0.717) is 0 Å². The number of nitrogens with one attached hydrogen (secondary N) is 2. The van der Waals surface area contributed by atoms with Gasteiger partial charge in [0.05, 0.1) is 6.20 Å². The van der Waals surface area contributed by atoms with E-state index in [-0.39, 0.29) is 24.0 Å². The van der Waals surface area contributed by atoms with Crippen LogP contribution in [0, 0.1) is 5.92 Å². The zero-order valence-electron chi connectivity index (χ0n) is 11.7. The van der Waals surface area contributed by atoms with Crippen molar-refractivity contribution in [2.75, 3.05) is 20.1 Å². The summed E-state index contributed by atoms with van der Waals surface area (Å²) in [5, 5.41) is 10.9. The van der Waals surface area contributed by atoms with Gasteiger partial charge in [0.15, 0.2) is 5.96 Å². The molecule has 19 heavy (non-hydrogen) atoms. The summed E-state index contributed by atoms with van der Waals surface area (Å²) in [5.74, 6) is 1.80. The maximum absolute atomic E-state index is 4.21. The van der Waals surface area contributed by atoms with E-state index in [1.54, 1.807) is 0 Å². The Hall–Kier alpha value is -0.790. The molecule has 0 aromatic carbocycles. The minimum atomic E-state index is 0. The SMILES string of the molecule is CN=C(NCCCc1cnn(C)c1)NCC1CC1.I. The predicted molar refractivity (Wildman–Crippen MR) is 89.0 cm³/mol. The summed E-state index contributed by atoms with van der Waals surface area (Å²) < 4.78 is 1.85. The van der Waals surface area contributed by atoms with Gasteiger partial charge in [0.25, 0.3) is 0 Å². The Morgan fingerprint density at radius 1 is 1.47 bits per heavy atom. The maximum Gasteiger partial charge on any atom is 0.190 e. The van der Waals surface area contributed by atoms with E-state index in [1.807, 2.05) is 25.0 Å². The number of aliphatic imine (C=N–C) groups is 1. The molecule has 1 aliphatic rings. The molecule has 1 aromatic heterocycles. The Kier molecular flexibility index (Phi) is 7.19. The summed E-state index contributed by atoms with van der Waals surface area (Å²) in [6, 6.07) is 0. The van der Waals surface area contributed by atoms with Crippen molar-refractivity contribution in [2.45, 2.75) is 25.7 Å². The molecule has 0 atom stereocenters. The quantitative estimate of drug-likeness (QED) is 0.342. The molecule has 0 unspecified atom stereocenters.